The summed E-state index contributed by atoms with van der Waals surface area (Å²) in [6.45, 7) is 10.9. The van der Waals surface area contributed by atoms with Crippen molar-refractivity contribution in [2.75, 3.05) is 0 Å². The van der Waals surface area contributed by atoms with E-state index in [1.165, 1.54) is 16.7 Å². The van der Waals surface area contributed by atoms with Crippen molar-refractivity contribution >= 4 is 8.19 Å². The molecule has 5 aromatic rings. The molecular formula is C38H39Cl2PZr-6. The van der Waals surface area contributed by atoms with Crippen LogP contribution in [-0.2, 0) is 26.2 Å². The van der Waals surface area contributed by atoms with Gasteiger partial charge in [-0.25, -0.2) is 11.6 Å². The predicted molar refractivity (Wildman–Crippen MR) is 170 cm³/mol. The summed E-state index contributed by atoms with van der Waals surface area (Å²) in [4.78, 5) is 0. The van der Waals surface area contributed by atoms with E-state index >= 15 is 0 Å². The van der Waals surface area contributed by atoms with Gasteiger partial charge in [-0.3, -0.25) is 14.3 Å². The molecule has 4 heteroatoms. The number of hydrogen-bond donors (Lipinski definition) is 0. The number of hydrogen-bond acceptors (Lipinski definition) is 0. The third kappa shape index (κ3) is 24.2. The van der Waals surface area contributed by atoms with Crippen molar-refractivity contribution in [2.45, 2.75) is 34.6 Å². The van der Waals surface area contributed by atoms with Gasteiger partial charge in [0.15, 0.2) is 0 Å². The molecule has 0 radical (unpaired) electrons. The van der Waals surface area contributed by atoms with Gasteiger partial charge in [0.2, 0.25) is 0 Å². The van der Waals surface area contributed by atoms with Gasteiger partial charge < -0.3 is 24.8 Å². The summed E-state index contributed by atoms with van der Waals surface area (Å²) in [6, 6.07) is 54.0. The number of halogens is 2. The Bertz CT molecular complexity index is 974. The third-order valence-corrected chi connectivity index (χ3v) is 6.13. The smallest absolute Gasteiger partial charge is 1.00 e. The molecule has 0 saturated carbocycles. The van der Waals surface area contributed by atoms with Crippen LogP contribution in [0.25, 0.3) is 0 Å². The molecular weight excluding hydrogens is 650 g/mol. The molecule has 0 aliphatic heterocycles. The average molecular weight is 689 g/mol. The average Bonchev–Trinajstić information content (AvgIpc) is 3.66. The monoisotopic (exact) mass is 686 g/mol. The van der Waals surface area contributed by atoms with Gasteiger partial charge in [-0.2, -0.15) is 174 Å². The molecule has 0 bridgehead atoms. The van der Waals surface area contributed by atoms with Crippen molar-refractivity contribution in [1.82, 2.24) is 0 Å². The fourth-order valence-corrected chi connectivity index (χ4v) is 3.50. The Balaban J connectivity index is -0.000000435. The Morgan fingerprint density at radius 1 is 0.500 bits per heavy atom. The zero-order valence-electron chi connectivity index (χ0n) is 25.0. The molecule has 0 spiro atoms. The van der Waals surface area contributed by atoms with Crippen LogP contribution in [0.2, 0.25) is 0 Å². The van der Waals surface area contributed by atoms with Crippen LogP contribution in [0, 0.1) is 41.6 Å². The SMILES string of the molecule is CC1=[C-]C(C)(C)C(C)=C1C.[Cl-].[Cl-].[Zr+2].[c-]1ccc[pH]1.[c-]1ccccc1.[c-]1ccccc1.[c-]1ccccc1.[c-]1ccccc1. The molecule has 6 rings (SSSR count). The first-order valence-electron chi connectivity index (χ1n) is 12.9. The number of rotatable bonds is 0. The van der Waals surface area contributed by atoms with Crippen molar-refractivity contribution in [2.24, 2.45) is 5.41 Å². The predicted octanol–water partition coefficient (Wildman–Crippen LogP) is 4.58. The molecule has 0 fully saturated rings. The molecule has 1 unspecified atom stereocenters. The summed E-state index contributed by atoms with van der Waals surface area (Å²) >= 11 is 0. The van der Waals surface area contributed by atoms with E-state index in [1.807, 2.05) is 133 Å². The van der Waals surface area contributed by atoms with Gasteiger partial charge in [0, 0.05) is 0 Å². The second-order valence-corrected chi connectivity index (χ2v) is 9.66. The second-order valence-electron chi connectivity index (χ2n) is 8.75. The van der Waals surface area contributed by atoms with E-state index in [1.54, 1.807) is 0 Å². The van der Waals surface area contributed by atoms with Crippen LogP contribution in [0.3, 0.4) is 0 Å². The van der Waals surface area contributed by atoms with Crippen LogP contribution in [0.4, 0.5) is 0 Å². The Hall–Kier alpha value is -2.40. The summed E-state index contributed by atoms with van der Waals surface area (Å²) < 4.78 is 0. The number of benzene rings is 4. The minimum Gasteiger partial charge on any atom is -1.00 e. The van der Waals surface area contributed by atoms with Gasteiger partial charge in [-0.1, -0.05) is 33.1 Å². The van der Waals surface area contributed by atoms with E-state index in [4.69, 9.17) is 0 Å². The summed E-state index contributed by atoms with van der Waals surface area (Å²) in [6.07, 6.45) is 3.44. The summed E-state index contributed by atoms with van der Waals surface area (Å²) in [5.74, 6) is 5.11. The molecule has 0 saturated heterocycles. The van der Waals surface area contributed by atoms with Gasteiger partial charge in [0.1, 0.15) is 0 Å². The molecule has 1 atom stereocenters. The first-order chi connectivity index (χ1) is 18.9. The topological polar surface area (TPSA) is 0 Å². The van der Waals surface area contributed by atoms with E-state index in [-0.39, 0.29) is 56.4 Å². The van der Waals surface area contributed by atoms with Crippen LogP contribution in [0.15, 0.2) is 156 Å². The maximum absolute atomic E-state index is 3.44. The van der Waals surface area contributed by atoms with Gasteiger partial charge in [0.25, 0.3) is 0 Å². The van der Waals surface area contributed by atoms with Crippen LogP contribution in [0.1, 0.15) is 34.6 Å². The van der Waals surface area contributed by atoms with Crippen LogP contribution >= 0.6 is 8.19 Å². The van der Waals surface area contributed by atoms with Gasteiger partial charge in [0.05, 0.1) is 0 Å². The molecule has 220 valence electrons. The molecule has 1 aliphatic carbocycles. The summed E-state index contributed by atoms with van der Waals surface area (Å²) in [5.41, 5.74) is 4.39. The van der Waals surface area contributed by atoms with Crippen LogP contribution in [-0.4, -0.2) is 0 Å². The Morgan fingerprint density at radius 3 is 0.905 bits per heavy atom. The molecule has 1 heterocycles. The van der Waals surface area contributed by atoms with Crippen molar-refractivity contribution in [1.29, 1.82) is 0 Å². The molecule has 0 nitrogen and oxygen atoms in total. The standard InChI is InChI=1S/C10H15.4C6H5.C4H4P.2ClH.Zr/c1-7-6-10(4,5)9(3)8(7)2;4*1-2-4-6-5-3-1;1-2-4-5-3-1;;;/h1-5H3;4*1-5H;1-3,5H;2*1H;/q6*-1;;;+2/p-2. The van der Waals surface area contributed by atoms with E-state index < -0.39 is 0 Å². The van der Waals surface area contributed by atoms with Gasteiger partial charge >= 0.3 is 26.2 Å². The van der Waals surface area contributed by atoms with Crippen molar-refractivity contribution < 1.29 is 51.0 Å². The minimum atomic E-state index is 0. The van der Waals surface area contributed by atoms with E-state index in [0.717, 1.165) is 8.19 Å². The summed E-state index contributed by atoms with van der Waals surface area (Å²) in [7, 11) is 0.823. The maximum atomic E-state index is 3.44. The first-order valence-corrected chi connectivity index (χ1v) is 14.0. The number of allylic oxidation sites excluding steroid dienone is 4. The Labute approximate surface area is 289 Å². The fourth-order valence-electron chi connectivity index (χ4n) is 3.01. The molecule has 1 aliphatic rings. The molecule has 4 aromatic carbocycles. The van der Waals surface area contributed by atoms with Gasteiger partial charge in [-0.15, -0.1) is 6.92 Å². The fraction of sp³-hybridized carbons (Fsp3) is 0.158. The van der Waals surface area contributed by atoms with E-state index in [2.05, 4.69) is 76.6 Å². The largest absolute Gasteiger partial charge is 2.00 e. The van der Waals surface area contributed by atoms with Crippen molar-refractivity contribution in [3.8, 4) is 0 Å². The third-order valence-electron chi connectivity index (χ3n) is 5.43. The van der Waals surface area contributed by atoms with Gasteiger partial charge in [-0.05, 0) is 0 Å². The van der Waals surface area contributed by atoms with Crippen molar-refractivity contribution in [3.63, 3.8) is 0 Å². The normalized spacial score (nSPS) is 11.3. The molecule has 0 N–H and O–H groups in total. The molecule has 42 heavy (non-hydrogen) atoms. The Morgan fingerprint density at radius 2 is 0.833 bits per heavy atom. The minimum absolute atomic E-state index is 0. The maximum Gasteiger partial charge on any atom is 2.00 e. The quantitative estimate of drug-likeness (QED) is 0.209. The molecule has 1 aromatic heterocycles. The first kappa shape index (κ1) is 44.0. The van der Waals surface area contributed by atoms with E-state index in [9.17, 15) is 0 Å². The molecule has 0 amide bonds. The van der Waals surface area contributed by atoms with Crippen LogP contribution in [0.5, 0.6) is 0 Å². The van der Waals surface area contributed by atoms with Crippen LogP contribution < -0.4 is 24.8 Å². The summed E-state index contributed by atoms with van der Waals surface area (Å²) in [5, 5.41) is 0. The second kappa shape index (κ2) is 30.1. The zero-order valence-corrected chi connectivity index (χ0v) is 30.0. The zero-order chi connectivity index (χ0) is 28.4. The van der Waals surface area contributed by atoms with Crippen molar-refractivity contribution in [3.05, 3.63) is 192 Å². The van der Waals surface area contributed by atoms with E-state index in [0.29, 0.717) is 0 Å². The Kier molecular flexibility index (Phi) is 31.5.